The summed E-state index contributed by atoms with van der Waals surface area (Å²) in [6.45, 7) is 0.651. The molecule has 68 valence electrons. The third kappa shape index (κ3) is 1.50. The maximum Gasteiger partial charge on any atom is 0.165 e. The van der Waals surface area contributed by atoms with Gasteiger partial charge in [-0.1, -0.05) is 17.7 Å². The van der Waals surface area contributed by atoms with Gasteiger partial charge in [0.05, 0.1) is 6.54 Å². The van der Waals surface area contributed by atoms with Crippen LogP contribution in [-0.2, 0) is 6.54 Å². The highest BCUT2D eigenvalue weighted by Gasteiger charge is 2.03. The number of fused-ring (bicyclic) bond motifs is 1. The average Bonchev–Trinajstić information content (AvgIpc) is 2.49. The van der Waals surface area contributed by atoms with Crippen LogP contribution in [0.5, 0.6) is 0 Å². The Morgan fingerprint density at radius 3 is 3.08 bits per heavy atom. The van der Waals surface area contributed by atoms with Gasteiger partial charge in [-0.2, -0.15) is 0 Å². The fourth-order valence-corrected chi connectivity index (χ4v) is 1.35. The second-order valence-corrected chi connectivity index (χ2v) is 3.06. The molecular formula is C8H9ClN4. The molecule has 0 aromatic carbocycles. The van der Waals surface area contributed by atoms with Crippen molar-refractivity contribution in [3.63, 3.8) is 0 Å². The number of nitrogens with one attached hydrogen (secondary N) is 1. The van der Waals surface area contributed by atoms with Crippen LogP contribution >= 0.6 is 11.6 Å². The van der Waals surface area contributed by atoms with Crippen molar-refractivity contribution in [3.05, 3.63) is 29.2 Å². The molecule has 2 aromatic heterocycles. The van der Waals surface area contributed by atoms with Crippen molar-refractivity contribution in [3.8, 4) is 0 Å². The predicted octanol–water partition coefficient (Wildman–Crippen LogP) is 1.10. The van der Waals surface area contributed by atoms with E-state index in [0.717, 1.165) is 11.5 Å². The molecule has 2 rings (SSSR count). The Morgan fingerprint density at radius 2 is 2.38 bits per heavy atom. The molecule has 0 fully saturated rings. The fraction of sp³-hybridized carbons (Fsp3) is 0.250. The maximum absolute atomic E-state index is 5.91. The summed E-state index contributed by atoms with van der Waals surface area (Å²) in [6, 6.07) is 5.51. The van der Waals surface area contributed by atoms with Gasteiger partial charge in [0.15, 0.2) is 11.5 Å². The van der Waals surface area contributed by atoms with Crippen LogP contribution in [0.15, 0.2) is 18.2 Å². The van der Waals surface area contributed by atoms with Crippen molar-refractivity contribution in [1.82, 2.24) is 19.9 Å². The van der Waals surface area contributed by atoms with Crippen molar-refractivity contribution in [2.75, 3.05) is 7.05 Å². The second kappa shape index (κ2) is 3.32. The van der Waals surface area contributed by atoms with E-state index in [1.165, 1.54) is 0 Å². The van der Waals surface area contributed by atoms with Crippen LogP contribution in [0.4, 0.5) is 0 Å². The number of halogens is 1. The van der Waals surface area contributed by atoms with Crippen LogP contribution in [0.1, 0.15) is 5.82 Å². The molecular weight excluding hydrogens is 188 g/mol. The van der Waals surface area contributed by atoms with Gasteiger partial charge in [-0.15, -0.1) is 5.10 Å². The molecule has 0 unspecified atom stereocenters. The van der Waals surface area contributed by atoms with Crippen LogP contribution in [-0.4, -0.2) is 21.6 Å². The molecule has 0 amide bonds. The largest absolute Gasteiger partial charge is 0.313 e. The maximum atomic E-state index is 5.91. The van der Waals surface area contributed by atoms with Gasteiger partial charge in [-0.3, -0.25) is 0 Å². The third-order valence-corrected chi connectivity index (χ3v) is 1.98. The van der Waals surface area contributed by atoms with Gasteiger partial charge in [-0.25, -0.2) is 9.50 Å². The molecule has 0 spiro atoms. The van der Waals surface area contributed by atoms with Crippen molar-refractivity contribution >= 4 is 17.2 Å². The first-order valence-corrected chi connectivity index (χ1v) is 4.34. The number of hydrogen-bond acceptors (Lipinski definition) is 3. The Bertz CT molecular complexity index is 423. The van der Waals surface area contributed by atoms with E-state index in [1.807, 2.05) is 19.2 Å². The van der Waals surface area contributed by atoms with Crippen molar-refractivity contribution in [1.29, 1.82) is 0 Å². The van der Waals surface area contributed by atoms with Gasteiger partial charge in [0.25, 0.3) is 0 Å². The monoisotopic (exact) mass is 196 g/mol. The van der Waals surface area contributed by atoms with E-state index in [9.17, 15) is 0 Å². The lowest BCUT2D eigenvalue weighted by Gasteiger charge is -1.91. The SMILES string of the molecule is CNCc1nc2cccc(Cl)n2n1. The normalized spacial score (nSPS) is 10.9. The van der Waals surface area contributed by atoms with Gasteiger partial charge >= 0.3 is 0 Å². The molecule has 0 radical (unpaired) electrons. The Labute approximate surface area is 80.5 Å². The first-order valence-electron chi connectivity index (χ1n) is 3.96. The molecule has 0 saturated heterocycles. The minimum atomic E-state index is 0.576. The van der Waals surface area contributed by atoms with Gasteiger partial charge in [-0.05, 0) is 19.2 Å². The Hall–Kier alpha value is -1.13. The summed E-state index contributed by atoms with van der Waals surface area (Å²) in [4.78, 5) is 4.27. The molecule has 0 aliphatic rings. The molecule has 0 atom stereocenters. The number of hydrogen-bond donors (Lipinski definition) is 1. The molecule has 2 aromatic rings. The highest BCUT2D eigenvalue weighted by Crippen LogP contribution is 2.10. The first kappa shape index (κ1) is 8.47. The Kier molecular flexibility index (Phi) is 2.16. The summed E-state index contributed by atoms with van der Waals surface area (Å²) in [5, 5.41) is 7.77. The average molecular weight is 197 g/mol. The molecule has 13 heavy (non-hydrogen) atoms. The van der Waals surface area contributed by atoms with Crippen LogP contribution in [0, 0.1) is 0 Å². The van der Waals surface area contributed by atoms with E-state index in [2.05, 4.69) is 15.4 Å². The molecule has 1 N–H and O–H groups in total. The molecule has 2 heterocycles. The summed E-state index contributed by atoms with van der Waals surface area (Å²) in [7, 11) is 1.85. The van der Waals surface area contributed by atoms with Crippen LogP contribution in [0.25, 0.3) is 5.65 Å². The highest BCUT2D eigenvalue weighted by atomic mass is 35.5. The lowest BCUT2D eigenvalue weighted by molar-refractivity contribution is 0.752. The quantitative estimate of drug-likeness (QED) is 0.732. The van der Waals surface area contributed by atoms with E-state index < -0.39 is 0 Å². The number of pyridine rings is 1. The molecule has 0 saturated carbocycles. The molecule has 0 aliphatic carbocycles. The first-order chi connectivity index (χ1) is 6.31. The van der Waals surface area contributed by atoms with Crippen molar-refractivity contribution in [2.45, 2.75) is 6.54 Å². The number of aromatic nitrogens is 3. The van der Waals surface area contributed by atoms with Crippen molar-refractivity contribution < 1.29 is 0 Å². The van der Waals surface area contributed by atoms with E-state index >= 15 is 0 Å². The van der Waals surface area contributed by atoms with E-state index in [-0.39, 0.29) is 0 Å². The van der Waals surface area contributed by atoms with Gasteiger partial charge in [0.1, 0.15) is 5.15 Å². The summed E-state index contributed by atoms with van der Waals surface area (Å²) < 4.78 is 1.62. The molecule has 0 bridgehead atoms. The lowest BCUT2D eigenvalue weighted by Crippen LogP contribution is -2.06. The zero-order valence-corrected chi connectivity index (χ0v) is 7.91. The van der Waals surface area contributed by atoms with Crippen LogP contribution in [0.3, 0.4) is 0 Å². The van der Waals surface area contributed by atoms with E-state index in [4.69, 9.17) is 11.6 Å². The summed E-state index contributed by atoms with van der Waals surface area (Å²) in [5.41, 5.74) is 0.776. The van der Waals surface area contributed by atoms with Crippen molar-refractivity contribution in [2.24, 2.45) is 0 Å². The standard InChI is InChI=1S/C8H9ClN4/c1-10-5-7-11-8-4-2-3-6(9)13(8)12-7/h2-4,10H,5H2,1H3. The summed E-state index contributed by atoms with van der Waals surface area (Å²) in [5.74, 6) is 0.746. The van der Waals surface area contributed by atoms with E-state index in [0.29, 0.717) is 11.7 Å². The highest BCUT2D eigenvalue weighted by molar-refractivity contribution is 6.29. The zero-order chi connectivity index (χ0) is 9.26. The van der Waals surface area contributed by atoms with Gasteiger partial charge in [0.2, 0.25) is 0 Å². The number of rotatable bonds is 2. The second-order valence-electron chi connectivity index (χ2n) is 2.68. The fourth-order valence-electron chi connectivity index (χ4n) is 1.15. The minimum absolute atomic E-state index is 0.576. The summed E-state index contributed by atoms with van der Waals surface area (Å²) in [6.07, 6.45) is 0. The minimum Gasteiger partial charge on any atom is -0.313 e. The topological polar surface area (TPSA) is 42.2 Å². The molecule has 0 aliphatic heterocycles. The third-order valence-electron chi connectivity index (χ3n) is 1.69. The molecule has 5 heteroatoms. The predicted molar refractivity (Wildman–Crippen MR) is 50.8 cm³/mol. The Balaban J connectivity index is 2.55. The molecule has 4 nitrogen and oxygen atoms in total. The van der Waals surface area contributed by atoms with Gasteiger partial charge < -0.3 is 5.32 Å². The van der Waals surface area contributed by atoms with Gasteiger partial charge in [0, 0.05) is 0 Å². The lowest BCUT2D eigenvalue weighted by atomic mass is 10.5. The van der Waals surface area contributed by atoms with Crippen LogP contribution < -0.4 is 5.32 Å². The smallest absolute Gasteiger partial charge is 0.165 e. The number of nitrogens with zero attached hydrogens (tertiary/aromatic N) is 3. The van der Waals surface area contributed by atoms with E-state index in [1.54, 1.807) is 10.6 Å². The zero-order valence-electron chi connectivity index (χ0n) is 7.16. The Morgan fingerprint density at radius 1 is 1.54 bits per heavy atom. The summed E-state index contributed by atoms with van der Waals surface area (Å²) >= 11 is 5.91. The van der Waals surface area contributed by atoms with Crippen LogP contribution in [0.2, 0.25) is 5.15 Å².